The first-order chi connectivity index (χ1) is 8.75. The Bertz CT molecular complexity index is 479. The van der Waals surface area contributed by atoms with E-state index >= 15 is 0 Å². The van der Waals surface area contributed by atoms with E-state index in [1.54, 1.807) is 0 Å². The average molecular weight is 246 g/mol. The number of hydrogen-bond acceptors (Lipinski definition) is 3. The molecule has 2 aliphatic rings. The Hall–Kier alpha value is -1.71. The fourth-order valence-electron chi connectivity index (χ4n) is 2.92. The summed E-state index contributed by atoms with van der Waals surface area (Å²) in [6, 6.07) is 5.84. The molecule has 0 bridgehead atoms. The average Bonchev–Trinajstić information content (AvgIpc) is 2.82. The molecule has 1 aromatic rings. The lowest BCUT2D eigenvalue weighted by Gasteiger charge is -2.36. The maximum atomic E-state index is 12.3. The molecule has 1 heterocycles. The van der Waals surface area contributed by atoms with Crippen LogP contribution < -0.4 is 15.4 Å². The van der Waals surface area contributed by atoms with E-state index in [0.29, 0.717) is 6.61 Å². The maximum Gasteiger partial charge on any atom is 0.250 e. The minimum Gasteiger partial charge on any atom is -0.492 e. The van der Waals surface area contributed by atoms with E-state index in [0.717, 1.165) is 42.8 Å². The van der Waals surface area contributed by atoms with Gasteiger partial charge in [-0.1, -0.05) is 18.9 Å². The van der Waals surface area contributed by atoms with E-state index in [1.165, 1.54) is 0 Å². The number of carbonyl (C=O) groups is 1. The van der Waals surface area contributed by atoms with Gasteiger partial charge in [-0.05, 0) is 31.9 Å². The van der Waals surface area contributed by atoms with Crippen molar-refractivity contribution in [2.45, 2.75) is 38.1 Å². The zero-order valence-corrected chi connectivity index (χ0v) is 10.6. The molecule has 1 aliphatic heterocycles. The molecule has 1 saturated carbocycles. The quantitative estimate of drug-likeness (QED) is 0.843. The molecule has 1 spiro atoms. The molecule has 1 fully saturated rings. The van der Waals surface area contributed by atoms with Crippen LogP contribution in [-0.4, -0.2) is 18.1 Å². The van der Waals surface area contributed by atoms with Crippen molar-refractivity contribution in [2.75, 3.05) is 17.2 Å². The second kappa shape index (κ2) is 4.19. The van der Waals surface area contributed by atoms with Gasteiger partial charge in [-0.15, -0.1) is 0 Å². The van der Waals surface area contributed by atoms with Gasteiger partial charge in [-0.3, -0.25) is 4.79 Å². The largest absolute Gasteiger partial charge is 0.492 e. The van der Waals surface area contributed by atoms with Crippen LogP contribution in [0.5, 0.6) is 5.75 Å². The Morgan fingerprint density at radius 2 is 2.11 bits per heavy atom. The van der Waals surface area contributed by atoms with Crippen molar-refractivity contribution in [2.24, 2.45) is 0 Å². The van der Waals surface area contributed by atoms with Crippen LogP contribution in [0.1, 0.15) is 32.6 Å². The van der Waals surface area contributed by atoms with Crippen LogP contribution in [0.3, 0.4) is 0 Å². The highest BCUT2D eigenvalue weighted by Crippen LogP contribution is 2.43. The van der Waals surface area contributed by atoms with Gasteiger partial charge in [0.05, 0.1) is 12.3 Å². The molecule has 96 valence electrons. The summed E-state index contributed by atoms with van der Waals surface area (Å²) in [5, 5.41) is 6.45. The number of carbonyl (C=O) groups excluding carboxylic acids is 1. The normalized spacial score (nSPS) is 20.2. The van der Waals surface area contributed by atoms with Gasteiger partial charge in [0.15, 0.2) is 0 Å². The van der Waals surface area contributed by atoms with Gasteiger partial charge in [-0.25, -0.2) is 0 Å². The number of benzene rings is 1. The molecule has 4 nitrogen and oxygen atoms in total. The lowest BCUT2D eigenvalue weighted by molar-refractivity contribution is -0.120. The van der Waals surface area contributed by atoms with Gasteiger partial charge in [0, 0.05) is 0 Å². The van der Waals surface area contributed by atoms with Crippen LogP contribution in [0.2, 0.25) is 0 Å². The zero-order chi connectivity index (χ0) is 12.6. The molecule has 3 rings (SSSR count). The molecule has 2 N–H and O–H groups in total. The number of fused-ring (bicyclic) bond motifs is 1. The third-order valence-electron chi connectivity index (χ3n) is 3.83. The minimum absolute atomic E-state index is 0.0830. The summed E-state index contributed by atoms with van der Waals surface area (Å²) in [4.78, 5) is 12.3. The number of amides is 1. The first-order valence-electron chi connectivity index (χ1n) is 6.61. The standard InChI is InChI=1S/C14H18N2O2/c1-2-18-11-7-5-6-10-12(11)15-13(17)14(16-10)8-3-4-9-14/h5-7,16H,2-4,8-9H2,1H3,(H,15,17). The number of ether oxygens (including phenoxy) is 1. The topological polar surface area (TPSA) is 50.4 Å². The summed E-state index contributed by atoms with van der Waals surface area (Å²) < 4.78 is 5.55. The summed E-state index contributed by atoms with van der Waals surface area (Å²) in [7, 11) is 0. The van der Waals surface area contributed by atoms with E-state index in [1.807, 2.05) is 25.1 Å². The van der Waals surface area contributed by atoms with Crippen molar-refractivity contribution in [3.8, 4) is 5.75 Å². The molecule has 0 atom stereocenters. The molecule has 1 aromatic carbocycles. The molecule has 0 saturated heterocycles. The molecular weight excluding hydrogens is 228 g/mol. The molecule has 18 heavy (non-hydrogen) atoms. The van der Waals surface area contributed by atoms with Crippen molar-refractivity contribution >= 4 is 17.3 Å². The van der Waals surface area contributed by atoms with Crippen LogP contribution in [0.15, 0.2) is 18.2 Å². The van der Waals surface area contributed by atoms with Crippen molar-refractivity contribution in [3.63, 3.8) is 0 Å². The van der Waals surface area contributed by atoms with Crippen molar-refractivity contribution in [1.29, 1.82) is 0 Å². The lowest BCUT2D eigenvalue weighted by Crippen LogP contribution is -2.50. The Morgan fingerprint density at radius 1 is 1.33 bits per heavy atom. The van der Waals surface area contributed by atoms with Gasteiger partial charge in [-0.2, -0.15) is 0 Å². The Kier molecular flexibility index (Phi) is 2.65. The van der Waals surface area contributed by atoms with Gasteiger partial charge >= 0.3 is 0 Å². The number of anilines is 2. The van der Waals surface area contributed by atoms with Crippen LogP contribution in [0.25, 0.3) is 0 Å². The minimum atomic E-state index is -0.391. The summed E-state index contributed by atoms with van der Waals surface area (Å²) in [5.41, 5.74) is 1.36. The van der Waals surface area contributed by atoms with Crippen LogP contribution in [0.4, 0.5) is 11.4 Å². The van der Waals surface area contributed by atoms with E-state index < -0.39 is 5.54 Å². The molecule has 0 radical (unpaired) electrons. The van der Waals surface area contributed by atoms with Crippen LogP contribution >= 0.6 is 0 Å². The zero-order valence-electron chi connectivity index (χ0n) is 10.6. The predicted molar refractivity (Wildman–Crippen MR) is 71.1 cm³/mol. The Morgan fingerprint density at radius 3 is 2.83 bits per heavy atom. The third-order valence-corrected chi connectivity index (χ3v) is 3.83. The lowest BCUT2D eigenvalue weighted by atomic mass is 9.93. The first-order valence-corrected chi connectivity index (χ1v) is 6.61. The number of hydrogen-bond donors (Lipinski definition) is 2. The first kappa shape index (κ1) is 11.4. The van der Waals surface area contributed by atoms with E-state index in [2.05, 4.69) is 10.6 Å². The maximum absolute atomic E-state index is 12.3. The SMILES string of the molecule is CCOc1cccc2c1NC(=O)C1(CCCC1)N2. The highest BCUT2D eigenvalue weighted by atomic mass is 16.5. The summed E-state index contributed by atoms with van der Waals surface area (Å²) in [6.07, 6.45) is 4.05. The third kappa shape index (κ3) is 1.64. The smallest absolute Gasteiger partial charge is 0.250 e. The van der Waals surface area contributed by atoms with E-state index in [-0.39, 0.29) is 5.91 Å². The molecular formula is C14H18N2O2. The summed E-state index contributed by atoms with van der Waals surface area (Å²) in [5.74, 6) is 0.823. The molecule has 1 amide bonds. The predicted octanol–water partition coefficient (Wildman–Crippen LogP) is 2.76. The second-order valence-electron chi connectivity index (χ2n) is 4.98. The van der Waals surface area contributed by atoms with Gasteiger partial charge in [0.2, 0.25) is 5.91 Å². The molecule has 4 heteroatoms. The number of para-hydroxylation sites is 1. The van der Waals surface area contributed by atoms with Crippen molar-refractivity contribution < 1.29 is 9.53 Å². The molecule has 0 unspecified atom stereocenters. The van der Waals surface area contributed by atoms with Crippen LogP contribution in [0, 0.1) is 0 Å². The summed E-state index contributed by atoms with van der Waals surface area (Å²) in [6.45, 7) is 2.54. The van der Waals surface area contributed by atoms with Crippen molar-refractivity contribution in [1.82, 2.24) is 0 Å². The van der Waals surface area contributed by atoms with Crippen molar-refractivity contribution in [3.05, 3.63) is 18.2 Å². The van der Waals surface area contributed by atoms with Gasteiger partial charge in [0.25, 0.3) is 0 Å². The molecule has 0 aromatic heterocycles. The van der Waals surface area contributed by atoms with E-state index in [4.69, 9.17) is 4.74 Å². The number of rotatable bonds is 2. The Balaban J connectivity index is 1.98. The van der Waals surface area contributed by atoms with E-state index in [9.17, 15) is 4.79 Å². The van der Waals surface area contributed by atoms with Crippen LogP contribution in [-0.2, 0) is 4.79 Å². The monoisotopic (exact) mass is 246 g/mol. The summed E-state index contributed by atoms with van der Waals surface area (Å²) >= 11 is 0. The molecule has 1 aliphatic carbocycles. The fraction of sp³-hybridized carbons (Fsp3) is 0.500. The Labute approximate surface area is 107 Å². The fourth-order valence-corrected chi connectivity index (χ4v) is 2.92. The number of nitrogens with one attached hydrogen (secondary N) is 2. The second-order valence-corrected chi connectivity index (χ2v) is 4.98. The highest BCUT2D eigenvalue weighted by Gasteiger charge is 2.44. The van der Waals surface area contributed by atoms with Gasteiger partial charge in [0.1, 0.15) is 17.0 Å². The van der Waals surface area contributed by atoms with Gasteiger partial charge < -0.3 is 15.4 Å². The highest BCUT2D eigenvalue weighted by molar-refractivity contribution is 6.07.